The Bertz CT molecular complexity index is 2870. The molecule has 2 aromatic carbocycles. The first kappa shape index (κ1) is 66.8. The average molecular weight is 1200 g/mol. The molecule has 4 aromatic heterocycles. The Morgan fingerprint density at radius 1 is 0.430 bits per heavy atom. The summed E-state index contributed by atoms with van der Waals surface area (Å²) >= 11 is 3.92. The van der Waals surface area contributed by atoms with Gasteiger partial charge in [-0.15, -0.1) is 22.7 Å². The first-order valence-corrected chi connectivity index (χ1v) is 35.6. The second-order valence-corrected chi connectivity index (χ2v) is 29.8. The molecule has 6 aromatic rings. The molecule has 4 aliphatic heterocycles. The molecule has 466 valence electrons. The SMILES string of the molecule is CC(C)[C@@H]1CCCc2ccsc21.CC(C)[C@@H]1CCNc2ccccc21.CC(C)[C@@H]1COc2cccnc21.CC(C)[C@H]1CCCC2=C1C=CC2.CC(C)[C@H]1CCCc2ccsc21.CC(C)[C@H]1CCNc2ccccc21.CC(C)[C@H]1COc2cccnc21. The normalized spacial score (nSPS) is 22.5. The van der Waals surface area contributed by atoms with E-state index in [-0.39, 0.29) is 0 Å². The Morgan fingerprint density at radius 2 is 0.837 bits per heavy atom. The largest absolute Gasteiger partial charge is 0.491 e. The van der Waals surface area contributed by atoms with E-state index in [1.54, 1.807) is 32.0 Å². The molecular weight excluding hydrogens is 1090 g/mol. The molecule has 0 fully saturated rings. The van der Waals surface area contributed by atoms with Crippen molar-refractivity contribution in [3.8, 4) is 11.5 Å². The smallest absolute Gasteiger partial charge is 0.141 e. The van der Waals surface area contributed by atoms with E-state index in [4.69, 9.17) is 9.47 Å². The molecule has 0 spiro atoms. The zero-order valence-corrected chi connectivity index (χ0v) is 57.1. The number of aromatic nitrogens is 2. The van der Waals surface area contributed by atoms with Gasteiger partial charge in [0.1, 0.15) is 11.5 Å². The van der Waals surface area contributed by atoms with Crippen LogP contribution < -0.4 is 20.1 Å². The summed E-state index contributed by atoms with van der Waals surface area (Å²) in [6.45, 7) is 36.0. The number of benzene rings is 2. The molecule has 0 amide bonds. The molecule has 4 aliphatic carbocycles. The Hall–Kier alpha value is -5.18. The number of pyridine rings is 2. The lowest BCUT2D eigenvalue weighted by Crippen LogP contribution is -2.19. The zero-order valence-electron chi connectivity index (χ0n) is 55.5. The Morgan fingerprint density at radius 3 is 1.27 bits per heavy atom. The summed E-state index contributed by atoms with van der Waals surface area (Å²) in [5, 5.41) is 11.4. The van der Waals surface area contributed by atoms with Gasteiger partial charge >= 0.3 is 0 Å². The van der Waals surface area contributed by atoms with E-state index < -0.39 is 0 Å². The van der Waals surface area contributed by atoms with E-state index in [1.165, 1.54) is 99.6 Å². The van der Waals surface area contributed by atoms with Gasteiger partial charge in [-0.05, 0) is 235 Å². The Balaban J connectivity index is 0.000000130. The van der Waals surface area contributed by atoms with Crippen LogP contribution in [0.1, 0.15) is 240 Å². The van der Waals surface area contributed by atoms with E-state index in [1.807, 2.05) is 59.3 Å². The van der Waals surface area contributed by atoms with Crippen molar-refractivity contribution in [2.45, 2.75) is 209 Å². The van der Waals surface area contributed by atoms with E-state index in [9.17, 15) is 0 Å². The highest BCUT2D eigenvalue weighted by molar-refractivity contribution is 7.10. The van der Waals surface area contributed by atoms with Crippen LogP contribution in [-0.2, 0) is 12.8 Å². The summed E-state index contributed by atoms with van der Waals surface area (Å²) < 4.78 is 11.0. The molecule has 8 heterocycles. The minimum absolute atomic E-state index is 0.487. The predicted molar refractivity (Wildman–Crippen MR) is 372 cm³/mol. The second-order valence-electron chi connectivity index (χ2n) is 27.9. The number of allylic oxidation sites excluding steroid dienone is 4. The molecule has 8 aliphatic rings. The summed E-state index contributed by atoms with van der Waals surface area (Å²) in [5.41, 5.74) is 14.6. The summed E-state index contributed by atoms with van der Waals surface area (Å²) in [6, 6.07) is 29.8. The molecule has 86 heavy (non-hydrogen) atoms. The topological polar surface area (TPSA) is 68.3 Å². The molecule has 7 atom stereocenters. The maximum atomic E-state index is 5.51. The number of para-hydroxylation sites is 2. The third-order valence-electron chi connectivity index (χ3n) is 19.7. The van der Waals surface area contributed by atoms with E-state index in [0.29, 0.717) is 23.7 Å². The number of thiophene rings is 2. The number of hydrogen-bond donors (Lipinski definition) is 2. The molecule has 14 rings (SSSR count). The van der Waals surface area contributed by atoms with E-state index >= 15 is 0 Å². The number of nitrogens with one attached hydrogen (secondary N) is 2. The first-order chi connectivity index (χ1) is 41.5. The summed E-state index contributed by atoms with van der Waals surface area (Å²) in [7, 11) is 0. The van der Waals surface area contributed by atoms with Gasteiger partial charge < -0.3 is 20.1 Å². The van der Waals surface area contributed by atoms with E-state index in [0.717, 1.165) is 108 Å². The van der Waals surface area contributed by atoms with E-state index in [2.05, 4.69) is 201 Å². The average Bonchev–Trinajstić information content (AvgIpc) is 4.38. The number of hydrogen-bond acceptors (Lipinski definition) is 8. The van der Waals surface area contributed by atoms with Crippen LogP contribution in [0.3, 0.4) is 0 Å². The maximum Gasteiger partial charge on any atom is 0.141 e. The lowest BCUT2D eigenvalue weighted by molar-refractivity contribution is 0.303. The molecule has 0 radical (unpaired) electrons. The van der Waals surface area contributed by atoms with Gasteiger partial charge in [0.15, 0.2) is 0 Å². The van der Waals surface area contributed by atoms with Gasteiger partial charge in [0, 0.05) is 58.4 Å². The molecular formula is C78H110N4O2S2. The number of ether oxygens (including phenoxy) is 2. The fourth-order valence-corrected chi connectivity index (χ4v) is 17.0. The zero-order chi connectivity index (χ0) is 61.3. The highest BCUT2D eigenvalue weighted by Gasteiger charge is 2.31. The van der Waals surface area contributed by atoms with Crippen molar-refractivity contribution in [2.24, 2.45) is 47.3 Å². The quantitative estimate of drug-likeness (QED) is 0.166. The van der Waals surface area contributed by atoms with Gasteiger partial charge in [-0.2, -0.15) is 0 Å². The molecule has 0 saturated carbocycles. The second kappa shape index (κ2) is 32.9. The van der Waals surface area contributed by atoms with Crippen molar-refractivity contribution >= 4 is 34.0 Å². The number of anilines is 2. The van der Waals surface area contributed by atoms with Crippen LogP contribution in [0.15, 0.2) is 131 Å². The van der Waals surface area contributed by atoms with Gasteiger partial charge in [0.05, 0.1) is 24.6 Å². The Labute approximate surface area is 530 Å². The maximum absolute atomic E-state index is 5.51. The van der Waals surface area contributed by atoms with Crippen molar-refractivity contribution in [2.75, 3.05) is 36.9 Å². The van der Waals surface area contributed by atoms with Crippen LogP contribution in [0.2, 0.25) is 0 Å². The number of fused-ring (bicyclic) bond motifs is 6. The summed E-state index contributed by atoms with van der Waals surface area (Å²) in [5.74, 6) is 12.2. The third kappa shape index (κ3) is 17.6. The first-order valence-electron chi connectivity index (χ1n) is 33.8. The predicted octanol–water partition coefficient (Wildman–Crippen LogP) is 22.3. The molecule has 2 N–H and O–H groups in total. The minimum atomic E-state index is 0.487. The van der Waals surface area contributed by atoms with Crippen molar-refractivity contribution in [1.82, 2.24) is 9.97 Å². The molecule has 8 heteroatoms. The number of aryl methyl sites for hydroxylation is 2. The molecule has 0 bridgehead atoms. The van der Waals surface area contributed by atoms with Crippen LogP contribution in [0.5, 0.6) is 11.5 Å². The Kier molecular flexibility index (Phi) is 25.5. The van der Waals surface area contributed by atoms with Crippen molar-refractivity contribution in [3.05, 3.63) is 175 Å². The lowest BCUT2D eigenvalue weighted by atomic mass is 9.78. The van der Waals surface area contributed by atoms with Gasteiger partial charge in [0.25, 0.3) is 0 Å². The van der Waals surface area contributed by atoms with Crippen LogP contribution in [0.4, 0.5) is 11.4 Å². The standard InChI is InChI=1S/2C12H17N.C12H18.2C11H16S.2C10H13NO/c2*1-9(2)10-7-8-13-12-6-4-3-5-11(10)12;1-9(2)11-7-3-5-10-6-4-8-12(10)11;2*1-8(2)10-5-3-4-9-6-7-12-11(9)10;2*1-7(2)8-6-12-9-4-3-5-11-10(8)9/h2*3-6,9-10,13H,7-8H2,1-2H3;4,8-9,11H,3,5-7H2,1-2H3;2*6-8,10H,3-5H2,1-2H3;2*3-5,7-8H,6H2,1-2H3/t2*10-;11-;2*10-;2*8-/m1011010/s1. The summed E-state index contributed by atoms with van der Waals surface area (Å²) in [4.78, 5) is 12.0. The van der Waals surface area contributed by atoms with Crippen LogP contribution in [-0.4, -0.2) is 36.3 Å². The van der Waals surface area contributed by atoms with Crippen LogP contribution >= 0.6 is 22.7 Å². The molecule has 0 unspecified atom stereocenters. The van der Waals surface area contributed by atoms with Crippen molar-refractivity contribution < 1.29 is 9.47 Å². The number of rotatable bonds is 7. The van der Waals surface area contributed by atoms with Gasteiger partial charge in [-0.25, -0.2) is 0 Å². The van der Waals surface area contributed by atoms with Crippen molar-refractivity contribution in [1.29, 1.82) is 0 Å². The lowest BCUT2D eigenvalue weighted by Gasteiger charge is -2.29. The fourth-order valence-electron chi connectivity index (χ4n) is 14.4. The van der Waals surface area contributed by atoms with Gasteiger partial charge in [-0.1, -0.05) is 151 Å². The van der Waals surface area contributed by atoms with Crippen LogP contribution in [0, 0.1) is 47.3 Å². The third-order valence-corrected chi connectivity index (χ3v) is 21.8. The molecule has 0 saturated heterocycles. The molecule has 6 nitrogen and oxygen atoms in total. The van der Waals surface area contributed by atoms with Gasteiger partial charge in [-0.3, -0.25) is 9.97 Å². The van der Waals surface area contributed by atoms with Crippen molar-refractivity contribution in [3.63, 3.8) is 0 Å². The summed E-state index contributed by atoms with van der Waals surface area (Å²) in [6.07, 6.45) is 24.6. The monoisotopic (exact) mass is 1200 g/mol. The van der Waals surface area contributed by atoms with Crippen LogP contribution in [0.25, 0.3) is 0 Å². The highest BCUT2D eigenvalue weighted by Crippen LogP contribution is 2.44. The number of nitrogens with zero attached hydrogens (tertiary/aromatic N) is 2. The fraction of sp³-hybridized carbons (Fsp3) is 0.564. The highest BCUT2D eigenvalue weighted by atomic mass is 32.1. The van der Waals surface area contributed by atoms with Gasteiger partial charge in [0.2, 0.25) is 0 Å². The minimum Gasteiger partial charge on any atom is -0.491 e.